The van der Waals surface area contributed by atoms with E-state index in [2.05, 4.69) is 31.9 Å². The molecule has 0 aliphatic carbocycles. The molecule has 6 aromatic rings. The second-order valence-corrected chi connectivity index (χ2v) is 12.7. The Labute approximate surface area is 306 Å². The number of hydrogen-bond donors (Lipinski definition) is 0. The highest BCUT2D eigenvalue weighted by molar-refractivity contribution is 9.11. The number of carbonyl (C=O) groups is 2. The molecule has 0 saturated carbocycles. The summed E-state index contributed by atoms with van der Waals surface area (Å²) in [5.74, 6) is 1.31. The van der Waals surface area contributed by atoms with Crippen molar-refractivity contribution in [2.75, 3.05) is 42.7 Å². The van der Waals surface area contributed by atoms with Crippen LogP contribution in [-0.2, 0) is 0 Å². The van der Waals surface area contributed by atoms with Crippen LogP contribution in [0.2, 0.25) is 0 Å². The van der Waals surface area contributed by atoms with Gasteiger partial charge in [-0.1, -0.05) is 60.7 Å². The van der Waals surface area contributed by atoms with Gasteiger partial charge in [-0.05, 0) is 77.7 Å². The number of carbonyl (C=O) groups excluding carboxylic acids is 2. The Balaban J connectivity index is 1.71. The minimum atomic E-state index is -0.322. The van der Waals surface area contributed by atoms with Crippen LogP contribution in [-0.4, -0.2) is 54.2 Å². The van der Waals surface area contributed by atoms with E-state index in [-0.39, 0.29) is 22.7 Å². The largest absolute Gasteiger partial charge is 0.493 e. The highest BCUT2D eigenvalue weighted by Gasteiger charge is 2.30. The van der Waals surface area contributed by atoms with Crippen LogP contribution in [0.3, 0.4) is 0 Å². The first-order chi connectivity index (χ1) is 24.2. The van der Waals surface area contributed by atoms with Gasteiger partial charge in [0.05, 0.1) is 51.6 Å². The van der Waals surface area contributed by atoms with Gasteiger partial charge in [-0.2, -0.15) is 0 Å². The third-order valence-corrected chi connectivity index (χ3v) is 10.2. The summed E-state index contributed by atoms with van der Waals surface area (Å²) in [5.41, 5.74) is 2.50. The highest BCUT2D eigenvalue weighted by atomic mass is 79.9. The van der Waals surface area contributed by atoms with Gasteiger partial charge in [0, 0.05) is 33.4 Å². The zero-order valence-electron chi connectivity index (χ0n) is 28.1. The van der Waals surface area contributed by atoms with E-state index in [4.69, 9.17) is 28.4 Å². The maximum atomic E-state index is 14.9. The first-order valence-electron chi connectivity index (χ1n) is 15.3. The summed E-state index contributed by atoms with van der Waals surface area (Å²) in [5, 5.41) is 3.36. The molecule has 0 aliphatic rings. The van der Waals surface area contributed by atoms with Gasteiger partial charge in [0.1, 0.15) is 0 Å². The molecule has 6 rings (SSSR count). The molecular weight excluding hydrogens is 768 g/mol. The van der Waals surface area contributed by atoms with Gasteiger partial charge in [-0.25, -0.2) is 0 Å². The van der Waals surface area contributed by atoms with Crippen LogP contribution in [0.25, 0.3) is 32.7 Å². The molecule has 0 bridgehead atoms. The smallest absolute Gasteiger partial charge is 0.204 e. The fourth-order valence-electron chi connectivity index (χ4n) is 6.32. The lowest BCUT2D eigenvalue weighted by Crippen LogP contribution is -2.11. The Morgan fingerprint density at radius 1 is 0.440 bits per heavy atom. The maximum Gasteiger partial charge on any atom is 0.204 e. The minimum absolute atomic E-state index is 0.288. The molecule has 0 aromatic heterocycles. The second-order valence-electron chi connectivity index (χ2n) is 11.1. The number of fused-ring (bicyclic) bond motifs is 2. The van der Waals surface area contributed by atoms with Crippen LogP contribution in [0.1, 0.15) is 31.8 Å². The van der Waals surface area contributed by atoms with Crippen LogP contribution >= 0.6 is 31.9 Å². The lowest BCUT2D eigenvalue weighted by molar-refractivity contribution is 0.102. The van der Waals surface area contributed by atoms with Gasteiger partial charge < -0.3 is 28.4 Å². The molecule has 0 atom stereocenters. The predicted molar refractivity (Wildman–Crippen MR) is 201 cm³/mol. The van der Waals surface area contributed by atoms with Gasteiger partial charge >= 0.3 is 0 Å². The van der Waals surface area contributed by atoms with Gasteiger partial charge in [-0.3, -0.25) is 9.59 Å². The summed E-state index contributed by atoms with van der Waals surface area (Å²) in [6, 6.07) is 26.2. The third-order valence-electron chi connectivity index (χ3n) is 8.63. The van der Waals surface area contributed by atoms with Crippen LogP contribution < -0.4 is 28.4 Å². The fraction of sp³-hybridized carbons (Fsp3) is 0.150. The first kappa shape index (κ1) is 34.8. The van der Waals surface area contributed by atoms with Crippen molar-refractivity contribution >= 4 is 65.0 Å². The SMILES string of the molecule is COc1cc(C(=O)c2ccc3ccccc3c2-c2c(C(=O)c3cc(OC)c(OC)c(OC)c3Br)ccc3ccccc23)c(Br)c(OC)c1OC. The lowest BCUT2D eigenvalue weighted by Gasteiger charge is -2.21. The van der Waals surface area contributed by atoms with E-state index in [0.717, 1.165) is 21.5 Å². The minimum Gasteiger partial charge on any atom is -0.493 e. The van der Waals surface area contributed by atoms with Crippen molar-refractivity contribution in [3.63, 3.8) is 0 Å². The molecular formula is C40H32Br2O8. The summed E-state index contributed by atoms with van der Waals surface area (Å²) in [4.78, 5) is 29.8. The van der Waals surface area contributed by atoms with E-state index in [1.807, 2.05) is 60.7 Å². The third kappa shape index (κ3) is 5.72. The number of hydrogen-bond acceptors (Lipinski definition) is 8. The fourth-order valence-corrected chi connectivity index (χ4v) is 7.60. The van der Waals surface area contributed by atoms with Crippen LogP contribution in [0.15, 0.2) is 93.9 Å². The summed E-state index contributed by atoms with van der Waals surface area (Å²) < 4.78 is 34.5. The van der Waals surface area contributed by atoms with E-state index >= 15 is 0 Å². The van der Waals surface area contributed by atoms with E-state index in [1.54, 1.807) is 24.3 Å². The summed E-state index contributed by atoms with van der Waals surface area (Å²) in [7, 11) is 8.98. The van der Waals surface area contributed by atoms with Gasteiger partial charge in [0.15, 0.2) is 34.6 Å². The van der Waals surface area contributed by atoms with Crippen molar-refractivity contribution in [3.8, 4) is 45.6 Å². The second kappa shape index (κ2) is 14.4. The molecule has 0 aliphatic heterocycles. The zero-order chi connectivity index (χ0) is 35.7. The average Bonchev–Trinajstić information content (AvgIpc) is 3.15. The Morgan fingerprint density at radius 3 is 1.14 bits per heavy atom. The number of benzene rings is 6. The Hall–Kier alpha value is -5.06. The lowest BCUT2D eigenvalue weighted by atomic mass is 9.83. The molecule has 0 heterocycles. The van der Waals surface area contributed by atoms with Crippen molar-refractivity contribution < 1.29 is 38.0 Å². The molecule has 50 heavy (non-hydrogen) atoms. The maximum absolute atomic E-state index is 14.9. The Kier molecular flexibility index (Phi) is 10.0. The van der Waals surface area contributed by atoms with Gasteiger partial charge in [-0.15, -0.1) is 0 Å². The van der Waals surface area contributed by atoms with E-state index < -0.39 is 0 Å². The monoisotopic (exact) mass is 798 g/mol. The molecule has 0 fully saturated rings. The Bertz CT molecular complexity index is 2150. The molecule has 6 aromatic carbocycles. The topological polar surface area (TPSA) is 89.5 Å². The number of halogens is 2. The van der Waals surface area contributed by atoms with Crippen LogP contribution in [0.5, 0.6) is 34.5 Å². The standard InChI is InChI=1S/C40H32Br2O8/c1-45-29-19-27(33(41)39(49-5)37(29)47-3)35(43)25-17-15-21-11-7-9-13-23(21)31(25)32-24-14-10-8-12-22(24)16-18-26(32)36(44)28-20-30(46-2)38(48-4)40(50-6)34(28)42/h7-20H,1-6H3. The van der Waals surface area contributed by atoms with Crippen molar-refractivity contribution in [2.45, 2.75) is 0 Å². The number of rotatable bonds is 11. The highest BCUT2D eigenvalue weighted by Crippen LogP contribution is 2.49. The molecule has 10 heteroatoms. The zero-order valence-corrected chi connectivity index (χ0v) is 31.3. The van der Waals surface area contributed by atoms with Crippen LogP contribution in [0, 0.1) is 0 Å². The average molecular weight is 800 g/mol. The van der Waals surface area contributed by atoms with E-state index in [0.29, 0.717) is 65.7 Å². The molecule has 0 N–H and O–H groups in total. The van der Waals surface area contributed by atoms with E-state index in [9.17, 15) is 9.59 Å². The van der Waals surface area contributed by atoms with Crippen LogP contribution in [0.4, 0.5) is 0 Å². The van der Waals surface area contributed by atoms with Gasteiger partial charge in [0.2, 0.25) is 11.5 Å². The van der Waals surface area contributed by atoms with Crippen molar-refractivity contribution in [2.24, 2.45) is 0 Å². The molecule has 0 radical (unpaired) electrons. The normalized spacial score (nSPS) is 11.0. The molecule has 0 spiro atoms. The molecule has 254 valence electrons. The summed E-state index contributed by atoms with van der Waals surface area (Å²) in [6.45, 7) is 0. The Morgan fingerprint density at radius 2 is 0.800 bits per heavy atom. The van der Waals surface area contributed by atoms with Crippen molar-refractivity contribution in [3.05, 3.63) is 116 Å². The molecule has 0 saturated heterocycles. The van der Waals surface area contributed by atoms with Crippen molar-refractivity contribution in [1.29, 1.82) is 0 Å². The first-order valence-corrected chi connectivity index (χ1v) is 16.9. The quantitative estimate of drug-likeness (QED) is 0.120. The summed E-state index contributed by atoms with van der Waals surface area (Å²) in [6.07, 6.45) is 0. The molecule has 0 amide bonds. The number of ketones is 2. The molecule has 0 unspecified atom stereocenters. The predicted octanol–water partition coefficient (Wildman–Crippen LogP) is 9.70. The van der Waals surface area contributed by atoms with Gasteiger partial charge in [0.25, 0.3) is 0 Å². The van der Waals surface area contributed by atoms with Crippen molar-refractivity contribution in [1.82, 2.24) is 0 Å². The summed E-state index contributed by atoms with van der Waals surface area (Å²) >= 11 is 7.21. The number of ether oxygens (including phenoxy) is 6. The van der Waals surface area contributed by atoms with E-state index in [1.165, 1.54) is 42.7 Å². The number of methoxy groups -OCH3 is 6. The molecule has 8 nitrogen and oxygen atoms in total.